The normalized spacial score (nSPS) is 15.2. The van der Waals surface area contributed by atoms with Gasteiger partial charge in [-0.3, -0.25) is 0 Å². The maximum Gasteiger partial charge on any atom is 0.339 e. The van der Waals surface area contributed by atoms with Crippen LogP contribution in [0, 0.1) is 0 Å². The Bertz CT molecular complexity index is 529. The van der Waals surface area contributed by atoms with E-state index in [0.717, 1.165) is 6.42 Å². The molecule has 0 saturated carbocycles. The lowest BCUT2D eigenvalue weighted by Crippen LogP contribution is -2.18. The first-order valence-corrected chi connectivity index (χ1v) is 7.43. The molecule has 1 atom stereocenters. The zero-order valence-electron chi connectivity index (χ0n) is 12.1. The molecule has 0 spiro atoms. The number of halogens is 1. The van der Waals surface area contributed by atoms with Gasteiger partial charge in [-0.25, -0.2) is 4.79 Å². The standard InChI is InChI=1S/C15H19ClO5/c1-3-9-12(13(17)15(18)19-4-2)10(16)8-11-14(9)21-7-5-6-20-11/h8,13,17H,3-7H2,1-2H3. The summed E-state index contributed by atoms with van der Waals surface area (Å²) < 4.78 is 16.2. The number of esters is 1. The minimum Gasteiger partial charge on any atom is -0.489 e. The Morgan fingerprint density at radius 3 is 2.81 bits per heavy atom. The first-order chi connectivity index (χ1) is 10.1. The number of aliphatic hydroxyl groups excluding tert-OH is 1. The van der Waals surface area contributed by atoms with E-state index in [-0.39, 0.29) is 11.6 Å². The number of hydrogen-bond donors (Lipinski definition) is 1. The monoisotopic (exact) mass is 314 g/mol. The molecule has 0 aromatic heterocycles. The quantitative estimate of drug-likeness (QED) is 0.866. The first kappa shape index (κ1) is 15.9. The zero-order valence-corrected chi connectivity index (χ0v) is 12.9. The third-order valence-electron chi connectivity index (χ3n) is 3.27. The molecule has 0 saturated heterocycles. The van der Waals surface area contributed by atoms with Crippen molar-refractivity contribution in [3.05, 3.63) is 22.2 Å². The summed E-state index contributed by atoms with van der Waals surface area (Å²) in [5, 5.41) is 10.5. The number of benzene rings is 1. The van der Waals surface area contributed by atoms with E-state index >= 15 is 0 Å². The van der Waals surface area contributed by atoms with Crippen molar-refractivity contribution >= 4 is 17.6 Å². The third-order valence-corrected chi connectivity index (χ3v) is 3.58. The van der Waals surface area contributed by atoms with Crippen molar-refractivity contribution in [3.8, 4) is 11.5 Å². The second-order valence-corrected chi connectivity index (χ2v) is 5.04. The molecule has 0 aliphatic carbocycles. The average molecular weight is 315 g/mol. The Morgan fingerprint density at radius 1 is 1.43 bits per heavy atom. The fraction of sp³-hybridized carbons (Fsp3) is 0.533. The molecule has 116 valence electrons. The molecular formula is C15H19ClO5. The number of ether oxygens (including phenoxy) is 3. The lowest BCUT2D eigenvalue weighted by molar-refractivity contribution is -0.153. The fourth-order valence-electron chi connectivity index (χ4n) is 2.34. The van der Waals surface area contributed by atoms with Crippen molar-refractivity contribution in [2.75, 3.05) is 19.8 Å². The van der Waals surface area contributed by atoms with Gasteiger partial charge in [-0.15, -0.1) is 0 Å². The molecule has 0 radical (unpaired) electrons. The molecular weight excluding hydrogens is 296 g/mol. The molecule has 1 aliphatic heterocycles. The van der Waals surface area contributed by atoms with Gasteiger partial charge in [0.05, 0.1) is 24.8 Å². The third kappa shape index (κ3) is 3.24. The van der Waals surface area contributed by atoms with Crippen molar-refractivity contribution in [3.63, 3.8) is 0 Å². The van der Waals surface area contributed by atoms with Crippen molar-refractivity contribution < 1.29 is 24.1 Å². The molecule has 5 nitrogen and oxygen atoms in total. The van der Waals surface area contributed by atoms with Gasteiger partial charge < -0.3 is 19.3 Å². The molecule has 1 unspecified atom stereocenters. The van der Waals surface area contributed by atoms with Gasteiger partial charge in [-0.1, -0.05) is 18.5 Å². The molecule has 2 rings (SSSR count). The second-order valence-electron chi connectivity index (χ2n) is 4.64. The molecule has 1 aromatic rings. The number of carbonyl (C=O) groups is 1. The Balaban J connectivity index is 2.50. The van der Waals surface area contributed by atoms with Gasteiger partial charge in [0.2, 0.25) is 0 Å². The molecule has 1 heterocycles. The summed E-state index contributed by atoms with van der Waals surface area (Å²) in [6, 6.07) is 1.58. The van der Waals surface area contributed by atoms with E-state index in [9.17, 15) is 9.90 Å². The molecule has 0 bridgehead atoms. The van der Waals surface area contributed by atoms with Gasteiger partial charge in [-0.2, -0.15) is 0 Å². The van der Waals surface area contributed by atoms with Crippen LogP contribution in [0.25, 0.3) is 0 Å². The van der Waals surface area contributed by atoms with Gasteiger partial charge in [0.1, 0.15) is 0 Å². The Hall–Kier alpha value is -1.46. The van der Waals surface area contributed by atoms with Crippen LogP contribution in [0.4, 0.5) is 0 Å². The maximum absolute atomic E-state index is 11.8. The van der Waals surface area contributed by atoms with Crippen molar-refractivity contribution in [2.24, 2.45) is 0 Å². The number of fused-ring (bicyclic) bond motifs is 1. The number of aliphatic hydroxyl groups is 1. The van der Waals surface area contributed by atoms with Crippen LogP contribution < -0.4 is 9.47 Å². The van der Waals surface area contributed by atoms with E-state index in [2.05, 4.69) is 0 Å². The Kier molecular flexibility index (Phi) is 5.31. The predicted molar refractivity (Wildman–Crippen MR) is 78.0 cm³/mol. The van der Waals surface area contributed by atoms with E-state index in [1.807, 2.05) is 6.92 Å². The SMILES string of the molecule is CCOC(=O)C(O)c1c(Cl)cc2c(c1CC)OCCCO2. The number of carbonyl (C=O) groups excluding carboxylic acids is 1. The molecule has 1 aromatic carbocycles. The molecule has 1 aliphatic rings. The molecule has 21 heavy (non-hydrogen) atoms. The van der Waals surface area contributed by atoms with Crippen LogP contribution in [0.2, 0.25) is 5.02 Å². The van der Waals surface area contributed by atoms with Gasteiger partial charge in [0.25, 0.3) is 0 Å². The summed E-state index contributed by atoms with van der Waals surface area (Å²) in [5.41, 5.74) is 1.02. The number of hydrogen-bond acceptors (Lipinski definition) is 5. The summed E-state index contributed by atoms with van der Waals surface area (Å²) in [4.78, 5) is 11.8. The highest BCUT2D eigenvalue weighted by atomic mass is 35.5. The van der Waals surface area contributed by atoms with Gasteiger partial charge in [0, 0.05) is 23.6 Å². The van der Waals surface area contributed by atoms with Crippen molar-refractivity contribution in [1.82, 2.24) is 0 Å². The smallest absolute Gasteiger partial charge is 0.339 e. The summed E-state index contributed by atoms with van der Waals surface area (Å²) in [6.45, 7) is 4.85. The lowest BCUT2D eigenvalue weighted by Gasteiger charge is -2.20. The summed E-state index contributed by atoms with van der Waals surface area (Å²) >= 11 is 6.23. The average Bonchev–Trinajstić information content (AvgIpc) is 2.70. The van der Waals surface area contributed by atoms with E-state index in [4.69, 9.17) is 25.8 Å². The van der Waals surface area contributed by atoms with Crippen LogP contribution in [0.1, 0.15) is 37.5 Å². The summed E-state index contributed by atoms with van der Waals surface area (Å²) in [7, 11) is 0. The first-order valence-electron chi connectivity index (χ1n) is 7.05. The van der Waals surface area contributed by atoms with Gasteiger partial charge >= 0.3 is 5.97 Å². The summed E-state index contributed by atoms with van der Waals surface area (Å²) in [6.07, 6.45) is -0.104. The van der Waals surface area contributed by atoms with E-state index in [0.29, 0.717) is 42.3 Å². The van der Waals surface area contributed by atoms with E-state index < -0.39 is 12.1 Å². The topological polar surface area (TPSA) is 65.0 Å². The van der Waals surface area contributed by atoms with Crippen LogP contribution in [0.3, 0.4) is 0 Å². The van der Waals surface area contributed by atoms with Crippen molar-refractivity contribution in [2.45, 2.75) is 32.8 Å². The van der Waals surface area contributed by atoms with Crippen molar-refractivity contribution in [1.29, 1.82) is 0 Å². The lowest BCUT2D eigenvalue weighted by atomic mass is 9.98. The second kappa shape index (κ2) is 7.00. The van der Waals surface area contributed by atoms with Crippen LogP contribution in [0.15, 0.2) is 6.07 Å². The van der Waals surface area contributed by atoms with Gasteiger partial charge in [-0.05, 0) is 13.3 Å². The largest absolute Gasteiger partial charge is 0.489 e. The number of rotatable bonds is 4. The fourth-order valence-corrected chi connectivity index (χ4v) is 2.66. The molecule has 6 heteroatoms. The van der Waals surface area contributed by atoms with Crippen LogP contribution in [-0.4, -0.2) is 30.9 Å². The maximum atomic E-state index is 11.8. The Labute approximate surface area is 128 Å². The highest BCUT2D eigenvalue weighted by Gasteiger charge is 2.29. The highest BCUT2D eigenvalue weighted by Crippen LogP contribution is 2.42. The summed E-state index contributed by atoms with van der Waals surface area (Å²) in [5.74, 6) is 0.385. The van der Waals surface area contributed by atoms with Gasteiger partial charge in [0.15, 0.2) is 17.6 Å². The molecule has 0 fully saturated rings. The Morgan fingerprint density at radius 2 is 2.14 bits per heavy atom. The molecule has 1 N–H and O–H groups in total. The van der Waals surface area contributed by atoms with Crippen LogP contribution >= 0.6 is 11.6 Å². The minimum atomic E-state index is -1.43. The zero-order chi connectivity index (χ0) is 15.4. The van der Waals surface area contributed by atoms with E-state index in [1.54, 1.807) is 13.0 Å². The predicted octanol–water partition coefficient (Wildman–Crippen LogP) is 2.66. The molecule has 0 amide bonds. The highest BCUT2D eigenvalue weighted by molar-refractivity contribution is 6.32. The van der Waals surface area contributed by atoms with Crippen LogP contribution in [0.5, 0.6) is 11.5 Å². The van der Waals surface area contributed by atoms with E-state index in [1.165, 1.54) is 0 Å². The minimum absolute atomic E-state index is 0.194. The van der Waals surface area contributed by atoms with Crippen LogP contribution in [-0.2, 0) is 16.0 Å².